The van der Waals surface area contributed by atoms with Gasteiger partial charge in [-0.1, -0.05) is 12.1 Å². The molecule has 2 heterocycles. The molecule has 19 heavy (non-hydrogen) atoms. The van der Waals surface area contributed by atoms with Gasteiger partial charge in [-0.2, -0.15) is 0 Å². The summed E-state index contributed by atoms with van der Waals surface area (Å²) in [7, 11) is -3.01. The molecule has 0 bridgehead atoms. The fourth-order valence-corrected chi connectivity index (χ4v) is 4.49. The first kappa shape index (κ1) is 11.4. The highest BCUT2D eigenvalue weighted by Gasteiger charge is 2.46. The molecule has 1 aliphatic heterocycles. The molecule has 1 aromatic carbocycles. The maximum absolute atomic E-state index is 12.0. The Hall–Kier alpha value is -1.40. The van der Waals surface area contributed by atoms with E-state index in [1.807, 2.05) is 24.3 Å². The molecule has 1 saturated carbocycles. The third kappa shape index (κ3) is 1.78. The van der Waals surface area contributed by atoms with E-state index in [9.17, 15) is 8.42 Å². The van der Waals surface area contributed by atoms with Crippen LogP contribution in [0, 0.1) is 0 Å². The van der Waals surface area contributed by atoms with Crippen molar-refractivity contribution < 1.29 is 8.42 Å². The molecule has 4 rings (SSSR count). The van der Waals surface area contributed by atoms with Gasteiger partial charge in [0.15, 0.2) is 0 Å². The van der Waals surface area contributed by atoms with E-state index >= 15 is 0 Å². The predicted octanol–water partition coefficient (Wildman–Crippen LogP) is 1.45. The number of fused-ring (bicyclic) bond motifs is 1. The van der Waals surface area contributed by atoms with Gasteiger partial charge in [0.1, 0.15) is 5.82 Å². The molecule has 0 atom stereocenters. The topological polar surface area (TPSA) is 66.1 Å². The van der Waals surface area contributed by atoms with E-state index in [4.69, 9.17) is 0 Å². The minimum Gasteiger partial charge on any atom is -0.342 e. The minimum atomic E-state index is -3.01. The molecule has 100 valence electrons. The van der Waals surface area contributed by atoms with Crippen molar-refractivity contribution in [1.82, 2.24) is 14.3 Å². The molecule has 2 fully saturated rings. The van der Waals surface area contributed by atoms with Gasteiger partial charge in [0, 0.05) is 19.0 Å². The summed E-state index contributed by atoms with van der Waals surface area (Å²) >= 11 is 0. The molecule has 6 heteroatoms. The molecule has 0 amide bonds. The zero-order valence-corrected chi connectivity index (χ0v) is 11.2. The van der Waals surface area contributed by atoms with Crippen LogP contribution >= 0.6 is 0 Å². The van der Waals surface area contributed by atoms with Crippen LogP contribution in [-0.4, -0.2) is 41.0 Å². The van der Waals surface area contributed by atoms with Crippen molar-refractivity contribution in [3.63, 3.8) is 0 Å². The summed E-state index contributed by atoms with van der Waals surface area (Å²) in [5, 5.41) is -0.107. The first-order valence-corrected chi connectivity index (χ1v) is 8.08. The van der Waals surface area contributed by atoms with Crippen LogP contribution < -0.4 is 0 Å². The van der Waals surface area contributed by atoms with Crippen molar-refractivity contribution in [3.8, 4) is 0 Å². The second-order valence-electron chi connectivity index (χ2n) is 5.40. The Kier molecular flexibility index (Phi) is 2.29. The summed E-state index contributed by atoms with van der Waals surface area (Å²) in [4.78, 5) is 7.82. The lowest BCUT2D eigenvalue weighted by Crippen LogP contribution is -2.49. The Balaban J connectivity index is 1.53. The molecule has 1 saturated heterocycles. The first-order valence-electron chi connectivity index (χ1n) is 6.58. The van der Waals surface area contributed by atoms with E-state index in [0.29, 0.717) is 13.1 Å². The van der Waals surface area contributed by atoms with Gasteiger partial charge in [-0.25, -0.2) is 17.7 Å². The maximum Gasteiger partial charge on any atom is 0.217 e. The van der Waals surface area contributed by atoms with Crippen molar-refractivity contribution in [2.75, 3.05) is 13.1 Å². The van der Waals surface area contributed by atoms with Crippen LogP contribution in [0.25, 0.3) is 11.0 Å². The lowest BCUT2D eigenvalue weighted by molar-refractivity contribution is 0.257. The van der Waals surface area contributed by atoms with Crippen LogP contribution in [0.3, 0.4) is 0 Å². The van der Waals surface area contributed by atoms with Gasteiger partial charge >= 0.3 is 0 Å². The highest BCUT2D eigenvalue weighted by molar-refractivity contribution is 7.90. The number of hydrogen-bond acceptors (Lipinski definition) is 3. The maximum atomic E-state index is 12.0. The summed E-state index contributed by atoms with van der Waals surface area (Å²) in [5.41, 5.74) is 1.96. The molecule has 2 aliphatic rings. The average Bonchev–Trinajstić information content (AvgIpc) is 3.08. The Labute approximate surface area is 111 Å². The number of nitrogens with one attached hydrogen (secondary N) is 1. The summed E-state index contributed by atoms with van der Waals surface area (Å²) in [6.07, 6.45) is 1.66. The van der Waals surface area contributed by atoms with Crippen molar-refractivity contribution in [3.05, 3.63) is 30.1 Å². The number of sulfonamides is 1. The molecular formula is C13H15N3O2S. The van der Waals surface area contributed by atoms with E-state index in [0.717, 1.165) is 29.7 Å². The third-order valence-corrected chi connectivity index (χ3v) is 6.28. The summed E-state index contributed by atoms with van der Waals surface area (Å²) in [5.74, 6) is 1.12. The standard InChI is InChI=1S/C13H15N3O2S/c17-19(18,10-5-6-10)16-7-9(8-16)13-14-11-3-1-2-4-12(11)15-13/h1-4,9-10H,5-8H2,(H,14,15). The number of nitrogens with zero attached hydrogens (tertiary/aromatic N) is 2. The van der Waals surface area contributed by atoms with Gasteiger partial charge in [-0.3, -0.25) is 0 Å². The van der Waals surface area contributed by atoms with Crippen LogP contribution in [-0.2, 0) is 10.0 Å². The molecule has 0 radical (unpaired) electrons. The second-order valence-corrected chi connectivity index (χ2v) is 7.61. The number of imidazole rings is 1. The van der Waals surface area contributed by atoms with Gasteiger partial charge in [0.05, 0.1) is 16.3 Å². The van der Waals surface area contributed by atoms with E-state index < -0.39 is 10.0 Å². The lowest BCUT2D eigenvalue weighted by Gasteiger charge is -2.37. The SMILES string of the molecule is O=S(=O)(C1CC1)N1CC(c2nc3ccccc3[nH]2)C1. The second kappa shape index (κ2) is 3.80. The number of aromatic nitrogens is 2. The van der Waals surface area contributed by atoms with Gasteiger partial charge in [0.2, 0.25) is 10.0 Å². The Morgan fingerprint density at radius 3 is 2.63 bits per heavy atom. The summed E-state index contributed by atoms with van der Waals surface area (Å²) in [6, 6.07) is 7.88. The smallest absolute Gasteiger partial charge is 0.217 e. The molecule has 0 unspecified atom stereocenters. The number of hydrogen-bond donors (Lipinski definition) is 1. The Morgan fingerprint density at radius 1 is 1.21 bits per heavy atom. The zero-order valence-electron chi connectivity index (χ0n) is 10.4. The summed E-state index contributed by atoms with van der Waals surface area (Å²) < 4.78 is 25.6. The lowest BCUT2D eigenvalue weighted by atomic mass is 10.0. The molecule has 0 spiro atoms. The molecular weight excluding hydrogens is 262 g/mol. The van der Waals surface area contributed by atoms with E-state index in [2.05, 4.69) is 9.97 Å². The van der Waals surface area contributed by atoms with Gasteiger partial charge < -0.3 is 4.98 Å². The first-order chi connectivity index (χ1) is 9.14. The van der Waals surface area contributed by atoms with Crippen molar-refractivity contribution >= 4 is 21.1 Å². The van der Waals surface area contributed by atoms with Crippen molar-refractivity contribution in [1.29, 1.82) is 0 Å². The monoisotopic (exact) mass is 277 g/mol. The highest BCUT2D eigenvalue weighted by atomic mass is 32.2. The normalized spacial score (nSPS) is 21.7. The van der Waals surface area contributed by atoms with Crippen molar-refractivity contribution in [2.24, 2.45) is 0 Å². The number of rotatable bonds is 3. The number of benzene rings is 1. The van der Waals surface area contributed by atoms with Crippen LogP contribution in [0.2, 0.25) is 0 Å². The van der Waals surface area contributed by atoms with Gasteiger partial charge in [-0.15, -0.1) is 0 Å². The van der Waals surface area contributed by atoms with Crippen molar-refractivity contribution in [2.45, 2.75) is 24.0 Å². The fourth-order valence-electron chi connectivity index (χ4n) is 2.56. The summed E-state index contributed by atoms with van der Waals surface area (Å²) in [6.45, 7) is 1.14. The van der Waals surface area contributed by atoms with E-state index in [1.165, 1.54) is 0 Å². The molecule has 1 aliphatic carbocycles. The van der Waals surface area contributed by atoms with Gasteiger partial charge in [-0.05, 0) is 25.0 Å². The van der Waals surface area contributed by atoms with Gasteiger partial charge in [0.25, 0.3) is 0 Å². The number of H-pyrrole nitrogens is 1. The van der Waals surface area contributed by atoms with Crippen LogP contribution in [0.5, 0.6) is 0 Å². The fraction of sp³-hybridized carbons (Fsp3) is 0.462. The highest BCUT2D eigenvalue weighted by Crippen LogP contribution is 2.37. The number of para-hydroxylation sites is 2. The zero-order chi connectivity index (χ0) is 13.0. The number of aromatic amines is 1. The molecule has 5 nitrogen and oxygen atoms in total. The molecule has 1 aromatic heterocycles. The van der Waals surface area contributed by atoms with Crippen LogP contribution in [0.1, 0.15) is 24.6 Å². The quantitative estimate of drug-likeness (QED) is 0.923. The minimum absolute atomic E-state index is 0.107. The molecule has 2 aromatic rings. The molecule has 1 N–H and O–H groups in total. The van der Waals surface area contributed by atoms with E-state index in [1.54, 1.807) is 4.31 Å². The predicted molar refractivity (Wildman–Crippen MR) is 72.3 cm³/mol. The van der Waals surface area contributed by atoms with Crippen LogP contribution in [0.15, 0.2) is 24.3 Å². The van der Waals surface area contributed by atoms with E-state index in [-0.39, 0.29) is 11.2 Å². The average molecular weight is 277 g/mol. The Bertz CT molecular complexity index is 694. The largest absolute Gasteiger partial charge is 0.342 e. The Morgan fingerprint density at radius 2 is 1.95 bits per heavy atom. The third-order valence-electron chi connectivity index (χ3n) is 3.95. The van der Waals surface area contributed by atoms with Crippen LogP contribution in [0.4, 0.5) is 0 Å².